The SMILES string of the molecule is C=C(C)[C@@H]1CCC2(C)CCC3C(CCC4C3(C)CCC3C(C)(C)C(/C=C/C5CC5(NC)C(=O)OCC)=CCC34C)C12.CC.CC.CC(C)(C)OC=O.CC(C)P(C(C)(C)C)C(C)(C)C. The van der Waals surface area contributed by atoms with E-state index in [1.807, 2.05) is 62.4 Å². The number of carbonyl (C=O) groups excluding carboxylic acids is 2. The van der Waals surface area contributed by atoms with Crippen LogP contribution in [0.2, 0.25) is 0 Å². The predicted octanol–water partition coefficient (Wildman–Crippen LogP) is 16.4. The Labute approximate surface area is 399 Å². The van der Waals surface area contributed by atoms with Crippen LogP contribution in [0.3, 0.4) is 0 Å². The monoisotopic (exact) mass is 912 g/mol. The Morgan fingerprint density at radius 1 is 0.859 bits per heavy atom. The molecule has 0 radical (unpaired) electrons. The van der Waals surface area contributed by atoms with E-state index in [0.717, 1.165) is 41.7 Å². The van der Waals surface area contributed by atoms with Crippen LogP contribution in [0.1, 0.15) is 217 Å². The van der Waals surface area contributed by atoms with Crippen LogP contribution in [0.5, 0.6) is 0 Å². The Morgan fingerprint density at radius 3 is 1.86 bits per heavy atom. The predicted molar refractivity (Wildman–Crippen MR) is 280 cm³/mol. The van der Waals surface area contributed by atoms with Gasteiger partial charge in [-0.25, -0.2) is 0 Å². The molecule has 5 nitrogen and oxygen atoms in total. The summed E-state index contributed by atoms with van der Waals surface area (Å²) < 4.78 is 9.94. The van der Waals surface area contributed by atoms with Gasteiger partial charge in [0.15, 0.2) is 0 Å². The first kappa shape index (κ1) is 58.7. The van der Waals surface area contributed by atoms with Crippen LogP contribution in [-0.2, 0) is 19.1 Å². The number of likely N-dealkylation sites (N-methyl/N-ethyl adjacent to an activating group) is 1. The summed E-state index contributed by atoms with van der Waals surface area (Å²) in [4.78, 5) is 22.2. The zero-order valence-corrected chi connectivity index (χ0v) is 47.4. The van der Waals surface area contributed by atoms with Gasteiger partial charge in [-0.1, -0.05) is 156 Å². The van der Waals surface area contributed by atoms with E-state index in [1.165, 1.54) is 68.9 Å². The highest BCUT2D eigenvalue weighted by Gasteiger charge is 2.66. The van der Waals surface area contributed by atoms with E-state index in [2.05, 4.69) is 132 Å². The van der Waals surface area contributed by atoms with E-state index in [0.29, 0.717) is 45.6 Å². The molecule has 6 aliphatic rings. The third-order valence-corrected chi connectivity index (χ3v) is 21.2. The van der Waals surface area contributed by atoms with E-state index in [9.17, 15) is 9.59 Å². The van der Waals surface area contributed by atoms with Crippen molar-refractivity contribution in [3.8, 4) is 0 Å². The van der Waals surface area contributed by atoms with Gasteiger partial charge in [0.1, 0.15) is 11.1 Å². The lowest BCUT2D eigenvalue weighted by Crippen LogP contribution is -2.61. The van der Waals surface area contributed by atoms with Crippen LogP contribution < -0.4 is 5.32 Å². The summed E-state index contributed by atoms with van der Waals surface area (Å²) >= 11 is 0. The van der Waals surface area contributed by atoms with Crippen molar-refractivity contribution in [3.63, 3.8) is 0 Å². The second kappa shape index (κ2) is 22.3. The average Bonchev–Trinajstić information content (AvgIpc) is 3.78. The van der Waals surface area contributed by atoms with Gasteiger partial charge in [0.2, 0.25) is 0 Å². The molecule has 6 heteroatoms. The van der Waals surface area contributed by atoms with Crippen molar-refractivity contribution in [1.82, 2.24) is 5.32 Å². The maximum atomic E-state index is 12.6. The first-order valence-electron chi connectivity index (χ1n) is 26.2. The number of allylic oxidation sites excluding steroid dienone is 4. The molecule has 372 valence electrons. The molecule has 6 rings (SSSR count). The molecule has 0 aromatic heterocycles. The molecule has 5 fully saturated rings. The summed E-state index contributed by atoms with van der Waals surface area (Å²) in [5.74, 6) is 5.04. The van der Waals surface area contributed by atoms with Crippen LogP contribution >= 0.6 is 7.92 Å². The number of fused-ring (bicyclic) bond motifs is 7. The minimum atomic E-state index is -0.524. The van der Waals surface area contributed by atoms with Crippen molar-refractivity contribution >= 4 is 20.4 Å². The first-order chi connectivity index (χ1) is 29.4. The van der Waals surface area contributed by atoms with E-state index in [1.54, 1.807) is 0 Å². The summed E-state index contributed by atoms with van der Waals surface area (Å²) in [6, 6.07) is 0. The van der Waals surface area contributed by atoms with Crippen molar-refractivity contribution in [3.05, 3.63) is 36.0 Å². The normalized spacial score (nSPS) is 36.0. The largest absolute Gasteiger partial charge is 0.465 e. The number of rotatable bonds is 8. The fourth-order valence-electron chi connectivity index (χ4n) is 15.4. The third kappa shape index (κ3) is 12.4. The van der Waals surface area contributed by atoms with Crippen molar-refractivity contribution < 1.29 is 19.1 Å². The summed E-state index contributed by atoms with van der Waals surface area (Å²) in [6.07, 6.45) is 20.6. The van der Waals surface area contributed by atoms with Crippen molar-refractivity contribution in [2.45, 2.75) is 244 Å². The van der Waals surface area contributed by atoms with Crippen LogP contribution in [0, 0.1) is 63.1 Å². The molecule has 0 spiro atoms. The topological polar surface area (TPSA) is 64.6 Å². The van der Waals surface area contributed by atoms with Crippen molar-refractivity contribution in [2.75, 3.05) is 13.7 Å². The van der Waals surface area contributed by atoms with Gasteiger partial charge in [-0.2, -0.15) is 0 Å². The van der Waals surface area contributed by atoms with Crippen LogP contribution in [0.15, 0.2) is 36.0 Å². The van der Waals surface area contributed by atoms with Crippen LogP contribution in [0.4, 0.5) is 0 Å². The molecule has 1 N–H and O–H groups in total. The molecule has 0 saturated heterocycles. The number of esters is 1. The van der Waals surface area contributed by atoms with Gasteiger partial charge in [0.05, 0.1) is 6.61 Å². The van der Waals surface area contributed by atoms with Gasteiger partial charge in [-0.15, -0.1) is 0 Å². The lowest BCUT2D eigenvalue weighted by atomic mass is 9.36. The number of hydrogen-bond acceptors (Lipinski definition) is 5. The van der Waals surface area contributed by atoms with Gasteiger partial charge in [-0.05, 0) is 185 Å². The minimum Gasteiger partial charge on any atom is -0.465 e. The minimum absolute atomic E-state index is 0.0982. The zero-order chi connectivity index (χ0) is 49.7. The summed E-state index contributed by atoms with van der Waals surface area (Å²) in [7, 11) is 1.99. The Bertz CT molecular complexity index is 1580. The van der Waals surface area contributed by atoms with E-state index >= 15 is 0 Å². The zero-order valence-electron chi connectivity index (χ0n) is 46.5. The van der Waals surface area contributed by atoms with E-state index in [-0.39, 0.29) is 30.8 Å². The summed E-state index contributed by atoms with van der Waals surface area (Å²) in [6.45, 7) is 55.2. The molecule has 6 aliphatic carbocycles. The van der Waals surface area contributed by atoms with Gasteiger partial charge >= 0.3 is 5.97 Å². The van der Waals surface area contributed by atoms with Crippen LogP contribution in [0.25, 0.3) is 0 Å². The molecule has 0 aromatic rings. The maximum absolute atomic E-state index is 12.6. The highest BCUT2D eigenvalue weighted by molar-refractivity contribution is 7.61. The van der Waals surface area contributed by atoms with Gasteiger partial charge in [0, 0.05) is 5.92 Å². The van der Waals surface area contributed by atoms with Crippen LogP contribution in [-0.4, -0.2) is 53.2 Å². The third-order valence-electron chi connectivity index (χ3n) is 17.2. The van der Waals surface area contributed by atoms with Crippen molar-refractivity contribution in [1.29, 1.82) is 0 Å². The molecule has 11 atom stereocenters. The standard InChI is InChI=1S/C38H59NO2.C11H25P.C5H10O2.2C2H6/c1-10-41-33(40)38(39-9)23-26(38)12-11-25-15-21-37(8)30(34(25,4)5)18-22-36(7)29-17-20-35(6)19-16-27(24(2)3)32(35)28(29)13-14-31(36)37;1-9(2)12(10(3,4)5)11(6,7)8;1-5(2,3)7-4-6;2*1-2/h11-12,15,26-32,39H,2,10,13-14,16-23H2,1,3-9H3;9H,1-8H3;4H,1-3H3;2*1-2H3/b12-11+;;;;/t26?,27-,28?,29?,30?,31?,32?,35?,36?,37?,38?;;;;/m0..../s1. The second-order valence-corrected chi connectivity index (χ2v) is 29.5. The fourth-order valence-corrected chi connectivity index (χ4v) is 20.5. The molecule has 0 aliphatic heterocycles. The summed E-state index contributed by atoms with van der Waals surface area (Å²) in [5.41, 5.74) is 4.46. The quantitative estimate of drug-likeness (QED) is 0.114. The van der Waals surface area contributed by atoms with Gasteiger partial charge in [-0.3, -0.25) is 9.59 Å². The molecule has 0 aromatic carbocycles. The lowest BCUT2D eigenvalue weighted by molar-refractivity contribution is -0.181. The summed E-state index contributed by atoms with van der Waals surface area (Å²) in [5, 5.41) is 4.26. The Kier molecular flexibility index (Phi) is 20.5. The highest BCUT2D eigenvalue weighted by atomic mass is 31.1. The average molecular weight is 912 g/mol. The number of nitrogens with one attached hydrogen (secondary N) is 1. The number of hydrogen-bond donors (Lipinski definition) is 1. The Balaban J connectivity index is 0.000000509. The second-order valence-electron chi connectivity index (χ2n) is 25.0. The Morgan fingerprint density at radius 2 is 1.42 bits per heavy atom. The molecule has 64 heavy (non-hydrogen) atoms. The van der Waals surface area contributed by atoms with Gasteiger partial charge in [0.25, 0.3) is 6.47 Å². The number of ether oxygens (including phenoxy) is 2. The fraction of sp³-hybridized carbons (Fsp3) is 0.862. The molecule has 10 unspecified atom stereocenters. The molecule has 0 amide bonds. The maximum Gasteiger partial charge on any atom is 0.326 e. The Hall–Kier alpha value is -1.45. The lowest BCUT2D eigenvalue weighted by Gasteiger charge is -2.68. The molecule has 5 saturated carbocycles. The molecular weight excluding hydrogens is 806 g/mol. The smallest absolute Gasteiger partial charge is 0.326 e. The van der Waals surface area contributed by atoms with E-state index < -0.39 is 5.54 Å². The number of carbonyl (C=O) groups is 2. The highest BCUT2D eigenvalue weighted by Crippen LogP contribution is 2.73. The molecule has 0 bridgehead atoms. The molecule has 0 heterocycles. The van der Waals surface area contributed by atoms with E-state index in [4.69, 9.17) is 4.74 Å². The van der Waals surface area contributed by atoms with Gasteiger partial charge < -0.3 is 14.8 Å². The molecular formula is C58H106NO4P. The van der Waals surface area contributed by atoms with Crippen molar-refractivity contribution in [2.24, 2.45) is 63.1 Å². The first-order valence-corrected chi connectivity index (χ1v) is 27.6.